The first-order chi connectivity index (χ1) is 6.83. The minimum atomic E-state index is 0. The normalized spacial score (nSPS) is 8.80. The molecular formula is C12H28Bi2Te. The Balaban J connectivity index is -0.000000180. The van der Waals surface area contributed by atoms with Gasteiger partial charge in [-0.25, -0.2) is 0 Å². The van der Waals surface area contributed by atoms with Crippen LogP contribution in [0.15, 0.2) is 0 Å². The van der Waals surface area contributed by atoms with Gasteiger partial charge in [-0.15, -0.1) is 0 Å². The molecule has 0 atom stereocenters. The van der Waals surface area contributed by atoms with Gasteiger partial charge in [0.25, 0.3) is 0 Å². The van der Waals surface area contributed by atoms with Crippen molar-refractivity contribution in [2.24, 2.45) is 0 Å². The first-order valence-corrected chi connectivity index (χ1v) is 15.9. The van der Waals surface area contributed by atoms with E-state index in [1.807, 2.05) is 0 Å². The average molecular weight is 718 g/mol. The first kappa shape index (κ1) is 22.7. The molecule has 0 fully saturated rings. The molecule has 0 unspecified atom stereocenters. The van der Waals surface area contributed by atoms with E-state index in [2.05, 4.69) is 27.7 Å². The van der Waals surface area contributed by atoms with Gasteiger partial charge in [-0.2, -0.15) is 0 Å². The second kappa shape index (κ2) is 25.4. The molecule has 0 nitrogen and oxygen atoms in total. The number of hydrogen-bond acceptors (Lipinski definition) is 0. The third-order valence-electron chi connectivity index (χ3n) is 1.53. The molecule has 0 aromatic rings. The smallest absolute Gasteiger partial charge is 0 e. The van der Waals surface area contributed by atoms with E-state index >= 15 is 0 Å². The minimum Gasteiger partial charge on any atom is 0 e. The van der Waals surface area contributed by atoms with E-state index in [4.69, 9.17) is 0 Å². The topological polar surface area (TPSA) is 0 Å². The van der Waals surface area contributed by atoms with E-state index in [-0.39, 0.29) is 70.1 Å². The van der Waals surface area contributed by atoms with Crippen molar-refractivity contribution in [2.75, 3.05) is 0 Å². The van der Waals surface area contributed by atoms with E-state index in [0.717, 1.165) is 0 Å². The molecule has 0 aliphatic carbocycles. The quantitative estimate of drug-likeness (QED) is 0.260. The second-order valence-electron chi connectivity index (χ2n) is 3.34. The van der Waals surface area contributed by atoms with Crippen LogP contribution in [0.4, 0.5) is 0 Å². The van der Waals surface area contributed by atoms with Gasteiger partial charge in [0.15, 0.2) is 0 Å². The van der Waals surface area contributed by atoms with E-state index in [9.17, 15) is 0 Å². The molecule has 0 amide bonds. The molecular weight excluding hydrogens is 690 g/mol. The Hall–Kier alpha value is 2.56. The summed E-state index contributed by atoms with van der Waals surface area (Å²) < 4.78 is 6.42. The van der Waals surface area contributed by atoms with Crippen LogP contribution in [0.1, 0.15) is 53.4 Å². The Morgan fingerprint density at radius 3 is 0.867 bits per heavy atom. The fraction of sp³-hybridized carbons (Fsp3) is 1.00. The van der Waals surface area contributed by atoms with Crippen molar-refractivity contribution in [1.82, 2.24) is 0 Å². The molecule has 0 spiro atoms. The molecule has 0 saturated carbocycles. The van der Waals surface area contributed by atoms with Gasteiger partial charge in [0, 0.05) is 23.7 Å². The number of rotatable bonds is 8. The van der Waals surface area contributed by atoms with E-state index < -0.39 is 0 Å². The van der Waals surface area contributed by atoms with Crippen LogP contribution in [0.25, 0.3) is 0 Å². The molecule has 3 heteroatoms. The summed E-state index contributed by atoms with van der Waals surface area (Å²) in [5.41, 5.74) is 0. The molecule has 0 N–H and O–H groups in total. The second-order valence-corrected chi connectivity index (χ2v) is 13.8. The summed E-state index contributed by atoms with van der Waals surface area (Å²) in [6.07, 6.45) is 5.77. The van der Waals surface area contributed by atoms with Gasteiger partial charge in [-0.05, 0) is 0 Å². The van der Waals surface area contributed by atoms with Crippen LogP contribution in [-0.4, -0.2) is 70.1 Å². The molecule has 0 aromatic heterocycles. The largest absolute Gasteiger partial charge is 0 e. The van der Waals surface area contributed by atoms with Crippen LogP contribution in [0.2, 0.25) is 16.5 Å². The summed E-state index contributed by atoms with van der Waals surface area (Å²) in [7, 11) is 0. The standard InChI is InChI=1S/4C3H7.2Bi.Te/c4*1-3-2;;;/h4*1,3H2,2H3;;;. The molecule has 92 valence electrons. The molecule has 0 aromatic carbocycles. The summed E-state index contributed by atoms with van der Waals surface area (Å²) in [6, 6.07) is 0. The Morgan fingerprint density at radius 1 is 0.533 bits per heavy atom. The Labute approximate surface area is 138 Å². The predicted molar refractivity (Wildman–Crippen MR) is 77.7 cm³/mol. The Bertz CT molecular complexity index is 62.0. The van der Waals surface area contributed by atoms with Gasteiger partial charge in [0.2, 0.25) is 0 Å². The maximum Gasteiger partial charge on any atom is 0 e. The summed E-state index contributed by atoms with van der Waals surface area (Å²) in [5, 5.41) is 0. The molecule has 0 heterocycles. The first-order valence-electron chi connectivity index (χ1n) is 6.09. The molecule has 0 aliphatic heterocycles. The van der Waals surface area contributed by atoms with Gasteiger partial charge in [-0.3, -0.25) is 0 Å². The van der Waals surface area contributed by atoms with E-state index in [1.165, 1.54) is 25.7 Å². The zero-order valence-corrected chi connectivity index (χ0v) is 20.2. The minimum absolute atomic E-state index is 0. The van der Waals surface area contributed by atoms with Crippen molar-refractivity contribution >= 4 is 70.1 Å². The summed E-state index contributed by atoms with van der Waals surface area (Å²) in [6.45, 7) is 9.16. The zero-order chi connectivity index (χ0) is 11.1. The molecule has 0 aliphatic rings. The van der Waals surface area contributed by atoms with Crippen molar-refractivity contribution in [3.8, 4) is 0 Å². The van der Waals surface area contributed by atoms with E-state index in [0.29, 0.717) is 0 Å². The van der Waals surface area contributed by atoms with Crippen LogP contribution in [-0.2, 0) is 0 Å². The summed E-state index contributed by atoms with van der Waals surface area (Å²) in [4.78, 5) is 0. The fourth-order valence-electron chi connectivity index (χ4n) is 0.856. The summed E-state index contributed by atoms with van der Waals surface area (Å²) >= 11 is 0.207. The van der Waals surface area contributed by atoms with Crippen LogP contribution < -0.4 is 0 Å². The Morgan fingerprint density at radius 2 is 0.733 bits per heavy atom. The van der Waals surface area contributed by atoms with E-state index in [1.54, 1.807) is 16.5 Å². The van der Waals surface area contributed by atoms with Crippen LogP contribution in [0.5, 0.6) is 0 Å². The van der Waals surface area contributed by atoms with Crippen molar-refractivity contribution in [3.05, 3.63) is 0 Å². The zero-order valence-electron chi connectivity index (χ0n) is 11.0. The van der Waals surface area contributed by atoms with Crippen LogP contribution in [0, 0.1) is 0 Å². The third kappa shape index (κ3) is 31.5. The van der Waals surface area contributed by atoms with Crippen LogP contribution >= 0.6 is 0 Å². The van der Waals surface area contributed by atoms with Crippen molar-refractivity contribution in [1.29, 1.82) is 0 Å². The predicted octanol–water partition coefficient (Wildman–Crippen LogP) is 4.31. The molecule has 0 rings (SSSR count). The molecule has 15 heavy (non-hydrogen) atoms. The van der Waals surface area contributed by atoms with Gasteiger partial charge >= 0.3 is 116 Å². The van der Waals surface area contributed by atoms with Gasteiger partial charge in [0.1, 0.15) is 0 Å². The monoisotopic (exact) mass is 720 g/mol. The van der Waals surface area contributed by atoms with Crippen molar-refractivity contribution in [2.45, 2.75) is 69.9 Å². The van der Waals surface area contributed by atoms with Crippen molar-refractivity contribution < 1.29 is 0 Å². The third-order valence-corrected chi connectivity index (χ3v) is 13.4. The molecule has 0 bridgehead atoms. The average Bonchev–Trinajstić information content (AvgIpc) is 2.21. The SMILES string of the molecule is CC[CH2][Bi][CH2]CC.CC[CH2][Bi][CH2]CC.[Te]. The maximum absolute atomic E-state index is 2.29. The van der Waals surface area contributed by atoms with Gasteiger partial charge in [-0.1, -0.05) is 0 Å². The van der Waals surface area contributed by atoms with Crippen LogP contribution in [0.3, 0.4) is 0 Å². The molecule has 4 radical (unpaired) electrons. The summed E-state index contributed by atoms with van der Waals surface area (Å²) in [5.74, 6) is 0. The maximum atomic E-state index is 2.29. The fourth-order valence-corrected chi connectivity index (χ4v) is 7.51. The molecule has 0 saturated heterocycles. The van der Waals surface area contributed by atoms with Gasteiger partial charge in [0.05, 0.1) is 0 Å². The van der Waals surface area contributed by atoms with Crippen molar-refractivity contribution in [3.63, 3.8) is 0 Å². The van der Waals surface area contributed by atoms with Gasteiger partial charge < -0.3 is 0 Å². The number of hydrogen-bond donors (Lipinski definition) is 0. The Kier molecular flexibility index (Phi) is 38.5.